The average molecular weight is 564 g/mol. The number of fused-ring (bicyclic) bond motifs is 1. The van der Waals surface area contributed by atoms with Gasteiger partial charge in [0.2, 0.25) is 11.9 Å². The summed E-state index contributed by atoms with van der Waals surface area (Å²) in [6.45, 7) is 3.46. The molecule has 0 atom stereocenters. The van der Waals surface area contributed by atoms with E-state index in [1.807, 2.05) is 0 Å². The molecular weight excluding hydrogens is 536 g/mol. The van der Waals surface area contributed by atoms with Crippen molar-refractivity contribution in [2.24, 2.45) is 0 Å². The molecule has 1 fully saturated rings. The van der Waals surface area contributed by atoms with Gasteiger partial charge in [-0.05, 0) is 67.4 Å². The molecule has 1 saturated carbocycles. The van der Waals surface area contributed by atoms with Crippen LogP contribution >= 0.6 is 11.3 Å². The summed E-state index contributed by atoms with van der Waals surface area (Å²) in [5, 5.41) is 8.53. The van der Waals surface area contributed by atoms with Gasteiger partial charge in [-0.25, -0.2) is 13.8 Å². The van der Waals surface area contributed by atoms with Crippen molar-refractivity contribution in [3.8, 4) is 5.69 Å². The van der Waals surface area contributed by atoms with Gasteiger partial charge in [-0.2, -0.15) is 0 Å². The molecule has 206 valence electrons. The minimum atomic E-state index is -2.68. The van der Waals surface area contributed by atoms with Crippen molar-refractivity contribution in [2.75, 3.05) is 10.6 Å². The number of carbonyl (C=O) groups is 3. The molecule has 0 spiro atoms. The Bertz CT molecular complexity index is 1590. The first-order chi connectivity index (χ1) is 19.3. The van der Waals surface area contributed by atoms with Crippen LogP contribution in [0.3, 0.4) is 0 Å². The third-order valence-corrected chi connectivity index (χ3v) is 7.80. The summed E-state index contributed by atoms with van der Waals surface area (Å²) in [5.74, 6) is -1.05. The van der Waals surface area contributed by atoms with E-state index in [-0.39, 0.29) is 33.6 Å². The fourth-order valence-corrected chi connectivity index (χ4v) is 5.51. The number of hydrogen-bond acceptors (Lipinski definition) is 5. The summed E-state index contributed by atoms with van der Waals surface area (Å²) in [7, 11) is 0. The second-order valence-electron chi connectivity index (χ2n) is 9.48. The molecule has 0 bridgehead atoms. The SMILES string of the molecule is C=CC(=O)Nc1cccc(-n2c(NC(=O)c3ccc(C(F)F)s3)nc3cc(C(=O)NC4CCCCC4)ccc32)c1. The van der Waals surface area contributed by atoms with E-state index in [2.05, 4.69) is 27.5 Å². The third kappa shape index (κ3) is 5.94. The molecular formula is C29H27F2N5O3S. The van der Waals surface area contributed by atoms with Crippen LogP contribution in [0.25, 0.3) is 16.7 Å². The van der Waals surface area contributed by atoms with Gasteiger partial charge in [0.1, 0.15) is 0 Å². The van der Waals surface area contributed by atoms with E-state index in [1.54, 1.807) is 47.0 Å². The number of anilines is 2. The Labute approximate surface area is 233 Å². The van der Waals surface area contributed by atoms with E-state index >= 15 is 0 Å². The number of rotatable bonds is 8. The predicted octanol–water partition coefficient (Wildman–Crippen LogP) is 6.46. The Hall–Kier alpha value is -4.38. The standard InChI is InChI=1S/C29H27F2N5O3S/c1-2-25(37)32-19-9-6-10-20(16-19)36-22-12-11-17(27(38)33-18-7-4-3-5-8-18)15-21(22)34-29(36)35-28(39)24-14-13-23(40-24)26(30)31/h2,6,9-16,18,26H,1,3-5,7-8H2,(H,32,37)(H,33,38)(H,34,35,39). The number of imidazole rings is 1. The number of aromatic nitrogens is 2. The normalized spacial score (nSPS) is 13.8. The quantitative estimate of drug-likeness (QED) is 0.214. The monoisotopic (exact) mass is 563 g/mol. The Kier molecular flexibility index (Phi) is 8.01. The average Bonchev–Trinajstić information content (AvgIpc) is 3.59. The Morgan fingerprint density at radius 3 is 2.52 bits per heavy atom. The maximum Gasteiger partial charge on any atom is 0.272 e. The van der Waals surface area contributed by atoms with Crippen molar-refractivity contribution in [1.29, 1.82) is 0 Å². The van der Waals surface area contributed by atoms with Gasteiger partial charge in [-0.15, -0.1) is 11.3 Å². The molecule has 0 radical (unpaired) electrons. The van der Waals surface area contributed by atoms with Crippen molar-refractivity contribution in [2.45, 2.75) is 44.6 Å². The zero-order valence-corrected chi connectivity index (χ0v) is 22.3. The first-order valence-corrected chi connectivity index (χ1v) is 13.7. The summed E-state index contributed by atoms with van der Waals surface area (Å²) in [5.41, 5.74) is 2.54. The maximum atomic E-state index is 13.1. The first-order valence-electron chi connectivity index (χ1n) is 12.9. The van der Waals surface area contributed by atoms with Gasteiger partial charge < -0.3 is 10.6 Å². The molecule has 3 N–H and O–H groups in total. The highest BCUT2D eigenvalue weighted by molar-refractivity contribution is 7.14. The van der Waals surface area contributed by atoms with Crippen LogP contribution in [0.15, 0.2) is 67.3 Å². The van der Waals surface area contributed by atoms with E-state index in [9.17, 15) is 23.2 Å². The Morgan fingerprint density at radius 2 is 1.80 bits per heavy atom. The highest BCUT2D eigenvalue weighted by Gasteiger charge is 2.21. The second kappa shape index (κ2) is 11.8. The lowest BCUT2D eigenvalue weighted by atomic mass is 9.95. The van der Waals surface area contributed by atoms with Gasteiger partial charge in [-0.3, -0.25) is 24.3 Å². The molecule has 5 rings (SSSR count). The van der Waals surface area contributed by atoms with Crippen molar-refractivity contribution in [1.82, 2.24) is 14.9 Å². The molecule has 1 aliphatic rings. The lowest BCUT2D eigenvalue weighted by molar-refractivity contribution is -0.111. The highest BCUT2D eigenvalue weighted by Crippen LogP contribution is 2.30. The number of nitrogens with one attached hydrogen (secondary N) is 3. The zero-order chi connectivity index (χ0) is 28.2. The number of alkyl halides is 2. The van der Waals surface area contributed by atoms with E-state index in [0.29, 0.717) is 39.3 Å². The molecule has 0 saturated heterocycles. The van der Waals surface area contributed by atoms with Gasteiger partial charge in [0, 0.05) is 17.3 Å². The molecule has 8 nitrogen and oxygen atoms in total. The van der Waals surface area contributed by atoms with Crippen LogP contribution in [0.2, 0.25) is 0 Å². The topological polar surface area (TPSA) is 105 Å². The predicted molar refractivity (Wildman–Crippen MR) is 151 cm³/mol. The van der Waals surface area contributed by atoms with Crippen molar-refractivity contribution in [3.05, 3.63) is 82.6 Å². The summed E-state index contributed by atoms with van der Waals surface area (Å²) >= 11 is 0.703. The molecule has 2 aromatic heterocycles. The lowest BCUT2D eigenvalue weighted by Gasteiger charge is -2.22. The van der Waals surface area contributed by atoms with E-state index in [1.165, 1.54) is 18.6 Å². The molecule has 0 aliphatic heterocycles. The number of amides is 3. The van der Waals surface area contributed by atoms with Crippen LogP contribution in [0.1, 0.15) is 63.4 Å². The highest BCUT2D eigenvalue weighted by atomic mass is 32.1. The molecule has 2 aromatic carbocycles. The van der Waals surface area contributed by atoms with Crippen LogP contribution in [0.5, 0.6) is 0 Å². The number of carbonyl (C=O) groups excluding carboxylic acids is 3. The van der Waals surface area contributed by atoms with Crippen LogP contribution in [-0.2, 0) is 4.79 Å². The fraction of sp³-hybridized carbons (Fsp3) is 0.241. The number of hydrogen-bond donors (Lipinski definition) is 3. The molecule has 40 heavy (non-hydrogen) atoms. The minimum absolute atomic E-state index is 0.105. The maximum absolute atomic E-state index is 13.1. The largest absolute Gasteiger partial charge is 0.349 e. The minimum Gasteiger partial charge on any atom is -0.349 e. The summed E-state index contributed by atoms with van der Waals surface area (Å²) in [6, 6.07) is 14.7. The summed E-state index contributed by atoms with van der Waals surface area (Å²) < 4.78 is 27.9. The van der Waals surface area contributed by atoms with E-state index in [0.717, 1.165) is 31.8 Å². The second-order valence-corrected chi connectivity index (χ2v) is 10.6. The van der Waals surface area contributed by atoms with Gasteiger partial charge in [0.15, 0.2) is 0 Å². The Balaban J connectivity index is 1.52. The number of nitrogens with zero attached hydrogens (tertiary/aromatic N) is 2. The van der Waals surface area contributed by atoms with Crippen molar-refractivity contribution in [3.63, 3.8) is 0 Å². The van der Waals surface area contributed by atoms with E-state index in [4.69, 9.17) is 0 Å². The van der Waals surface area contributed by atoms with Gasteiger partial charge in [0.25, 0.3) is 18.2 Å². The van der Waals surface area contributed by atoms with Gasteiger partial charge in [0.05, 0.1) is 26.5 Å². The van der Waals surface area contributed by atoms with Crippen molar-refractivity contribution < 1.29 is 23.2 Å². The number of halogens is 2. The summed E-state index contributed by atoms with van der Waals surface area (Å²) in [4.78, 5) is 42.4. The van der Waals surface area contributed by atoms with Crippen LogP contribution in [0.4, 0.5) is 20.4 Å². The smallest absolute Gasteiger partial charge is 0.272 e. The van der Waals surface area contributed by atoms with Crippen LogP contribution < -0.4 is 16.0 Å². The van der Waals surface area contributed by atoms with Gasteiger partial charge in [-0.1, -0.05) is 31.9 Å². The Morgan fingerprint density at radius 1 is 1.00 bits per heavy atom. The molecule has 11 heteroatoms. The van der Waals surface area contributed by atoms with Crippen LogP contribution in [-0.4, -0.2) is 33.3 Å². The van der Waals surface area contributed by atoms with Gasteiger partial charge >= 0.3 is 0 Å². The molecule has 2 heterocycles. The van der Waals surface area contributed by atoms with E-state index < -0.39 is 12.3 Å². The molecule has 3 amide bonds. The molecule has 0 unspecified atom stereocenters. The van der Waals surface area contributed by atoms with Crippen LogP contribution in [0, 0.1) is 0 Å². The molecule has 1 aliphatic carbocycles. The summed E-state index contributed by atoms with van der Waals surface area (Å²) in [6.07, 6.45) is 3.74. The fourth-order valence-electron chi connectivity index (χ4n) is 4.75. The first kappa shape index (κ1) is 27.2. The van der Waals surface area contributed by atoms with Crippen molar-refractivity contribution >= 4 is 51.7 Å². The third-order valence-electron chi connectivity index (χ3n) is 6.71. The zero-order valence-electron chi connectivity index (χ0n) is 21.5. The molecule has 4 aromatic rings. The number of benzene rings is 2. The number of thiophene rings is 1. The lowest BCUT2D eigenvalue weighted by Crippen LogP contribution is -2.36.